The molecule has 5 rings (SSSR count). The van der Waals surface area contributed by atoms with Gasteiger partial charge in [-0.1, -0.05) is 55.4 Å². The van der Waals surface area contributed by atoms with Crippen molar-refractivity contribution in [2.24, 2.45) is 50.2 Å². The summed E-state index contributed by atoms with van der Waals surface area (Å²) in [5.74, 6) is 2.08. The molecule has 2 nitrogen and oxygen atoms in total. The van der Waals surface area contributed by atoms with Crippen LogP contribution in [0.4, 0.5) is 0 Å². The molecule has 0 aromatic rings. The van der Waals surface area contributed by atoms with Crippen molar-refractivity contribution >= 4 is 5.78 Å². The van der Waals surface area contributed by atoms with Gasteiger partial charge in [0.05, 0.1) is 5.60 Å². The number of fused-ring (bicyclic) bond motifs is 7. The molecule has 5 aliphatic carbocycles. The van der Waals surface area contributed by atoms with Crippen LogP contribution >= 0.6 is 0 Å². The Kier molecular flexibility index (Phi) is 4.70. The Balaban J connectivity index is 1.57. The zero-order valence-electron chi connectivity index (χ0n) is 22.4. The summed E-state index contributed by atoms with van der Waals surface area (Å²) in [4.78, 5) is 12.9. The van der Waals surface area contributed by atoms with E-state index in [1.165, 1.54) is 32.1 Å². The van der Waals surface area contributed by atoms with Gasteiger partial charge in [0.2, 0.25) is 0 Å². The molecule has 5 saturated carbocycles. The van der Waals surface area contributed by atoms with Gasteiger partial charge in [-0.15, -0.1) is 0 Å². The van der Waals surface area contributed by atoms with E-state index in [0.29, 0.717) is 34.4 Å². The molecule has 5 fully saturated rings. The molecule has 0 aliphatic heterocycles. The molecule has 2 heteroatoms. The SMILES string of the molecule is CC1(C)CC[C@]2(C)CC[C@]3(O)[C@@](C)(CC[C@@H]4[C@@]5(C)CCC(=O)C(C)(C)[C@@H]5CC[C@]43C)[C@H]2C1. The van der Waals surface area contributed by atoms with Crippen molar-refractivity contribution in [1.82, 2.24) is 0 Å². The quantitative estimate of drug-likeness (QED) is 0.420. The average molecular weight is 443 g/mol. The zero-order chi connectivity index (χ0) is 23.6. The minimum absolute atomic E-state index is 0.00609. The number of hydrogen-bond donors (Lipinski definition) is 1. The first-order valence-electron chi connectivity index (χ1n) is 13.8. The van der Waals surface area contributed by atoms with Crippen molar-refractivity contribution in [3.8, 4) is 0 Å². The maximum Gasteiger partial charge on any atom is 0.138 e. The molecule has 0 aromatic heterocycles. The molecule has 32 heavy (non-hydrogen) atoms. The topological polar surface area (TPSA) is 37.3 Å². The normalized spacial score (nSPS) is 56.4. The van der Waals surface area contributed by atoms with Gasteiger partial charge >= 0.3 is 0 Å². The molecule has 5 aliphatic rings. The predicted molar refractivity (Wildman–Crippen MR) is 131 cm³/mol. The predicted octanol–water partition coefficient (Wildman–Crippen LogP) is 7.57. The molecule has 0 unspecified atom stereocenters. The van der Waals surface area contributed by atoms with Crippen molar-refractivity contribution in [1.29, 1.82) is 0 Å². The number of hydrogen-bond acceptors (Lipinski definition) is 2. The Labute approximate surface area is 197 Å². The lowest BCUT2D eigenvalue weighted by Gasteiger charge is -2.75. The highest BCUT2D eigenvalue weighted by atomic mass is 16.3. The zero-order valence-corrected chi connectivity index (χ0v) is 22.4. The second-order valence-corrected chi connectivity index (χ2v) is 15.6. The summed E-state index contributed by atoms with van der Waals surface area (Å²) in [6.07, 6.45) is 12.4. The van der Waals surface area contributed by atoms with Crippen LogP contribution in [0.25, 0.3) is 0 Å². The minimum Gasteiger partial charge on any atom is -0.389 e. The summed E-state index contributed by atoms with van der Waals surface area (Å²) in [5, 5.41) is 12.9. The summed E-state index contributed by atoms with van der Waals surface area (Å²) in [6.45, 7) is 19.4. The van der Waals surface area contributed by atoms with Crippen molar-refractivity contribution in [3.05, 3.63) is 0 Å². The molecule has 0 spiro atoms. The van der Waals surface area contributed by atoms with Crippen molar-refractivity contribution in [2.45, 2.75) is 132 Å². The summed E-state index contributed by atoms with van der Waals surface area (Å²) in [5.41, 5.74) is 0.127. The van der Waals surface area contributed by atoms with Gasteiger partial charge in [-0.2, -0.15) is 0 Å². The van der Waals surface area contributed by atoms with Crippen LogP contribution < -0.4 is 0 Å². The fourth-order valence-corrected chi connectivity index (χ4v) is 11.3. The molecule has 1 N–H and O–H groups in total. The van der Waals surface area contributed by atoms with Gasteiger partial charge in [-0.25, -0.2) is 0 Å². The van der Waals surface area contributed by atoms with E-state index >= 15 is 0 Å². The van der Waals surface area contributed by atoms with Crippen LogP contribution in [-0.4, -0.2) is 16.5 Å². The third-order valence-electron chi connectivity index (χ3n) is 13.4. The monoisotopic (exact) mass is 442 g/mol. The third kappa shape index (κ3) is 2.60. The van der Waals surface area contributed by atoms with E-state index in [2.05, 4.69) is 55.4 Å². The number of aliphatic hydroxyl groups is 1. The first kappa shape index (κ1) is 23.4. The van der Waals surface area contributed by atoms with E-state index in [1.807, 2.05) is 0 Å². The maximum absolute atomic E-state index is 12.9. The molecule has 0 heterocycles. The number of Topliss-reactive ketones (excluding diaryl/α,β-unsaturated/α-hetero) is 1. The maximum atomic E-state index is 12.9. The number of rotatable bonds is 0. The fraction of sp³-hybridized carbons (Fsp3) is 0.967. The van der Waals surface area contributed by atoms with E-state index in [9.17, 15) is 9.90 Å². The average Bonchev–Trinajstić information content (AvgIpc) is 2.69. The van der Waals surface area contributed by atoms with Crippen LogP contribution in [0, 0.1) is 50.2 Å². The molecule has 8 atom stereocenters. The van der Waals surface area contributed by atoms with Gasteiger partial charge in [0.25, 0.3) is 0 Å². The molecular formula is C30H50O2. The first-order valence-corrected chi connectivity index (χ1v) is 13.8. The first-order chi connectivity index (χ1) is 14.6. The molecular weight excluding hydrogens is 392 g/mol. The van der Waals surface area contributed by atoms with Crippen LogP contribution in [0.2, 0.25) is 0 Å². The van der Waals surface area contributed by atoms with Crippen molar-refractivity contribution < 1.29 is 9.90 Å². The Morgan fingerprint density at radius 3 is 1.91 bits per heavy atom. The second kappa shape index (κ2) is 6.44. The highest BCUT2D eigenvalue weighted by molar-refractivity contribution is 5.85. The number of carbonyl (C=O) groups excluding carboxylic acids is 1. The Morgan fingerprint density at radius 1 is 0.688 bits per heavy atom. The fourth-order valence-electron chi connectivity index (χ4n) is 11.3. The van der Waals surface area contributed by atoms with E-state index in [0.717, 1.165) is 38.5 Å². The van der Waals surface area contributed by atoms with Gasteiger partial charge in [0.1, 0.15) is 5.78 Å². The molecule has 0 saturated heterocycles. The van der Waals surface area contributed by atoms with Crippen molar-refractivity contribution in [2.75, 3.05) is 0 Å². The van der Waals surface area contributed by atoms with Crippen LogP contribution in [0.1, 0.15) is 126 Å². The van der Waals surface area contributed by atoms with Crippen LogP contribution in [0.3, 0.4) is 0 Å². The Morgan fingerprint density at radius 2 is 1.25 bits per heavy atom. The highest BCUT2D eigenvalue weighted by Gasteiger charge is 2.74. The van der Waals surface area contributed by atoms with Gasteiger partial charge in [0.15, 0.2) is 0 Å². The lowest BCUT2D eigenvalue weighted by atomic mass is 9.31. The molecule has 0 bridgehead atoms. The largest absolute Gasteiger partial charge is 0.389 e. The Hall–Kier alpha value is -0.370. The number of ketones is 1. The van der Waals surface area contributed by atoms with E-state index in [1.54, 1.807) is 0 Å². The van der Waals surface area contributed by atoms with Gasteiger partial charge < -0.3 is 5.11 Å². The summed E-state index contributed by atoms with van der Waals surface area (Å²) >= 11 is 0. The van der Waals surface area contributed by atoms with Crippen LogP contribution in [0.15, 0.2) is 0 Å². The molecule has 0 aromatic carbocycles. The van der Waals surface area contributed by atoms with Crippen LogP contribution in [0.5, 0.6) is 0 Å². The lowest BCUT2D eigenvalue weighted by Crippen LogP contribution is -2.74. The second-order valence-electron chi connectivity index (χ2n) is 15.6. The summed E-state index contributed by atoms with van der Waals surface area (Å²) < 4.78 is 0. The van der Waals surface area contributed by atoms with Crippen LogP contribution in [-0.2, 0) is 4.79 Å². The highest BCUT2D eigenvalue weighted by Crippen LogP contribution is 2.77. The standard InChI is InChI=1S/C30H50O2/c1-24(2)15-16-26(5)17-18-30(32)28(7)13-9-20-25(3,4)23(31)11-12-27(20,6)21(28)10-14-29(30,8)22(26)19-24/h20-22,32H,9-19H2,1-8H3/t20-,21+,22-,26+,27-,28+,29-,30+/m0/s1. The summed E-state index contributed by atoms with van der Waals surface area (Å²) in [6, 6.07) is 0. The van der Waals surface area contributed by atoms with E-state index in [-0.39, 0.29) is 21.7 Å². The lowest BCUT2D eigenvalue weighted by molar-refractivity contribution is -0.313. The molecule has 182 valence electrons. The van der Waals surface area contributed by atoms with E-state index < -0.39 is 5.60 Å². The smallest absolute Gasteiger partial charge is 0.138 e. The van der Waals surface area contributed by atoms with Gasteiger partial charge in [-0.05, 0) is 98.2 Å². The number of carbonyl (C=O) groups is 1. The van der Waals surface area contributed by atoms with Crippen molar-refractivity contribution in [3.63, 3.8) is 0 Å². The molecule has 0 amide bonds. The third-order valence-corrected chi connectivity index (χ3v) is 13.4. The molecule has 0 radical (unpaired) electrons. The van der Waals surface area contributed by atoms with E-state index in [4.69, 9.17) is 0 Å². The Bertz CT molecular complexity index is 827. The summed E-state index contributed by atoms with van der Waals surface area (Å²) in [7, 11) is 0. The minimum atomic E-state index is -0.583. The van der Waals surface area contributed by atoms with Gasteiger partial charge in [0, 0.05) is 22.7 Å². The van der Waals surface area contributed by atoms with Gasteiger partial charge in [-0.3, -0.25) is 4.79 Å².